The van der Waals surface area contributed by atoms with E-state index in [-0.39, 0.29) is 10.8 Å². The molecule has 2 aliphatic carbocycles. The van der Waals surface area contributed by atoms with Crippen LogP contribution in [0.1, 0.15) is 53.4 Å². The van der Waals surface area contributed by atoms with Crippen molar-refractivity contribution >= 4 is 0 Å². The summed E-state index contributed by atoms with van der Waals surface area (Å²) in [6.07, 6.45) is 6.54. The summed E-state index contributed by atoms with van der Waals surface area (Å²) in [6.45, 7) is 16.7. The lowest BCUT2D eigenvalue weighted by Gasteiger charge is -2.60. The number of hydrogen-bond acceptors (Lipinski definition) is 2. The molecule has 124 valence electrons. The van der Waals surface area contributed by atoms with Crippen LogP contribution in [0.2, 0.25) is 0 Å². The summed E-state index contributed by atoms with van der Waals surface area (Å²) >= 11 is 0. The third-order valence-corrected chi connectivity index (χ3v) is 6.51. The second-order valence-corrected chi connectivity index (χ2v) is 8.23. The highest BCUT2D eigenvalue weighted by molar-refractivity contribution is 5.21. The summed E-state index contributed by atoms with van der Waals surface area (Å²) < 4.78 is 0. The van der Waals surface area contributed by atoms with Crippen LogP contribution in [0.4, 0.5) is 0 Å². The standard InChI is InChI=1S/C20H32O2/c1-7-13(2)8-10-15-14(3)9-11-17-19(4,5)18(22)16(21)12-20(15,17)6/h7-8,15-18,21-22H,1,3,9-12H2,2,4-6H3/b13-8+/t15-,16+,17-,18+,20+/m0/s1. The van der Waals surface area contributed by atoms with Crippen molar-refractivity contribution in [2.24, 2.45) is 22.7 Å². The van der Waals surface area contributed by atoms with E-state index in [4.69, 9.17) is 0 Å². The molecule has 0 radical (unpaired) electrons. The summed E-state index contributed by atoms with van der Waals surface area (Å²) in [5.41, 5.74) is 2.22. The summed E-state index contributed by atoms with van der Waals surface area (Å²) in [6, 6.07) is 0. The zero-order valence-corrected chi connectivity index (χ0v) is 14.6. The van der Waals surface area contributed by atoms with Gasteiger partial charge in [-0.25, -0.2) is 0 Å². The fourth-order valence-corrected chi connectivity index (χ4v) is 5.14. The van der Waals surface area contributed by atoms with Crippen molar-refractivity contribution < 1.29 is 10.2 Å². The van der Waals surface area contributed by atoms with E-state index in [0.29, 0.717) is 18.3 Å². The topological polar surface area (TPSA) is 40.5 Å². The summed E-state index contributed by atoms with van der Waals surface area (Å²) in [4.78, 5) is 0. The second-order valence-electron chi connectivity index (χ2n) is 8.23. The molecule has 0 bridgehead atoms. The molecule has 0 unspecified atom stereocenters. The van der Waals surface area contributed by atoms with Gasteiger partial charge in [-0.05, 0) is 55.3 Å². The van der Waals surface area contributed by atoms with Crippen LogP contribution in [0.15, 0.2) is 36.5 Å². The van der Waals surface area contributed by atoms with Gasteiger partial charge in [-0.2, -0.15) is 0 Å². The third-order valence-electron chi connectivity index (χ3n) is 6.51. The second kappa shape index (κ2) is 5.98. The Morgan fingerprint density at radius 3 is 2.55 bits per heavy atom. The van der Waals surface area contributed by atoms with Crippen LogP contribution >= 0.6 is 0 Å². The van der Waals surface area contributed by atoms with Gasteiger partial charge in [-0.1, -0.05) is 57.2 Å². The van der Waals surface area contributed by atoms with Crippen molar-refractivity contribution in [3.8, 4) is 0 Å². The van der Waals surface area contributed by atoms with E-state index < -0.39 is 12.2 Å². The molecule has 2 fully saturated rings. The molecule has 2 heteroatoms. The fourth-order valence-electron chi connectivity index (χ4n) is 5.14. The maximum atomic E-state index is 10.5. The van der Waals surface area contributed by atoms with Gasteiger partial charge in [0.1, 0.15) is 0 Å². The normalized spacial score (nSPS) is 41.9. The molecule has 2 saturated carbocycles. The van der Waals surface area contributed by atoms with Gasteiger partial charge in [0.2, 0.25) is 0 Å². The maximum absolute atomic E-state index is 10.5. The molecular weight excluding hydrogens is 272 g/mol. The van der Waals surface area contributed by atoms with Crippen molar-refractivity contribution in [1.82, 2.24) is 0 Å². The van der Waals surface area contributed by atoms with E-state index in [9.17, 15) is 10.2 Å². The number of fused-ring (bicyclic) bond motifs is 1. The fraction of sp³-hybridized carbons (Fsp3) is 0.700. The van der Waals surface area contributed by atoms with E-state index in [2.05, 4.69) is 46.9 Å². The van der Waals surface area contributed by atoms with Gasteiger partial charge in [0.05, 0.1) is 12.2 Å². The zero-order chi connectivity index (χ0) is 16.7. The predicted molar refractivity (Wildman–Crippen MR) is 92.4 cm³/mol. The van der Waals surface area contributed by atoms with E-state index in [0.717, 1.165) is 19.3 Å². The number of aliphatic hydroxyl groups is 2. The Morgan fingerprint density at radius 2 is 1.95 bits per heavy atom. The summed E-state index contributed by atoms with van der Waals surface area (Å²) in [5, 5.41) is 20.9. The molecule has 2 aliphatic rings. The Labute approximate surface area is 135 Å². The first kappa shape index (κ1) is 17.5. The van der Waals surface area contributed by atoms with Gasteiger partial charge >= 0.3 is 0 Å². The van der Waals surface area contributed by atoms with Crippen LogP contribution in [0.25, 0.3) is 0 Å². The Kier molecular flexibility index (Phi) is 4.75. The Balaban J connectivity index is 2.37. The highest BCUT2D eigenvalue weighted by atomic mass is 16.3. The van der Waals surface area contributed by atoms with Crippen LogP contribution < -0.4 is 0 Å². The summed E-state index contributed by atoms with van der Waals surface area (Å²) in [5.74, 6) is 0.772. The van der Waals surface area contributed by atoms with Crippen LogP contribution in [0, 0.1) is 22.7 Å². The van der Waals surface area contributed by atoms with Crippen LogP contribution in [0.3, 0.4) is 0 Å². The van der Waals surface area contributed by atoms with E-state index in [1.165, 1.54) is 11.1 Å². The quantitative estimate of drug-likeness (QED) is 0.604. The monoisotopic (exact) mass is 304 g/mol. The molecule has 5 atom stereocenters. The summed E-state index contributed by atoms with van der Waals surface area (Å²) in [7, 11) is 0. The molecule has 2 nitrogen and oxygen atoms in total. The molecule has 0 spiro atoms. The number of hydrogen-bond donors (Lipinski definition) is 2. The lowest BCUT2D eigenvalue weighted by atomic mass is 9.46. The Hall–Kier alpha value is -0.860. The first-order valence-electron chi connectivity index (χ1n) is 8.47. The zero-order valence-electron chi connectivity index (χ0n) is 14.6. The predicted octanol–water partition coefficient (Wildman–Crippen LogP) is 4.25. The van der Waals surface area contributed by atoms with Crippen molar-refractivity contribution in [2.75, 3.05) is 0 Å². The van der Waals surface area contributed by atoms with Gasteiger partial charge in [0.15, 0.2) is 0 Å². The minimum Gasteiger partial charge on any atom is -0.390 e. The van der Waals surface area contributed by atoms with Crippen LogP contribution in [0.5, 0.6) is 0 Å². The SMILES string of the molecule is C=C/C(C)=C/C[C@H]1C(=C)CC[C@H]2C(C)(C)[C@H](O)[C@H](O)C[C@]12C. The molecule has 2 rings (SSSR count). The van der Waals surface area contributed by atoms with Crippen molar-refractivity contribution in [3.63, 3.8) is 0 Å². The van der Waals surface area contributed by atoms with Crippen molar-refractivity contribution in [3.05, 3.63) is 36.5 Å². The molecule has 0 aromatic rings. The maximum Gasteiger partial charge on any atom is 0.0852 e. The molecular formula is C20H32O2. The first-order valence-corrected chi connectivity index (χ1v) is 8.47. The van der Waals surface area contributed by atoms with Crippen molar-refractivity contribution in [1.29, 1.82) is 0 Å². The van der Waals surface area contributed by atoms with E-state index in [1.54, 1.807) is 0 Å². The minimum absolute atomic E-state index is 0.00453. The highest BCUT2D eigenvalue weighted by Crippen LogP contribution is 2.61. The lowest BCUT2D eigenvalue weighted by molar-refractivity contribution is -0.179. The van der Waals surface area contributed by atoms with Crippen LogP contribution in [-0.2, 0) is 0 Å². The smallest absolute Gasteiger partial charge is 0.0852 e. The Morgan fingerprint density at radius 1 is 1.32 bits per heavy atom. The molecule has 0 aromatic carbocycles. The Bertz CT molecular complexity index is 488. The van der Waals surface area contributed by atoms with Crippen molar-refractivity contribution in [2.45, 2.75) is 65.6 Å². The number of aliphatic hydroxyl groups excluding tert-OH is 2. The average Bonchev–Trinajstić information content (AvgIpc) is 2.43. The average molecular weight is 304 g/mol. The molecule has 0 amide bonds. The lowest BCUT2D eigenvalue weighted by Crippen LogP contribution is -2.60. The first-order chi connectivity index (χ1) is 10.1. The number of allylic oxidation sites excluding steroid dienone is 4. The third kappa shape index (κ3) is 2.72. The van der Waals surface area contributed by atoms with Crippen LogP contribution in [-0.4, -0.2) is 22.4 Å². The number of rotatable bonds is 3. The molecule has 0 saturated heterocycles. The molecule has 0 heterocycles. The molecule has 22 heavy (non-hydrogen) atoms. The van der Waals surface area contributed by atoms with E-state index in [1.807, 2.05) is 6.08 Å². The molecule has 0 aliphatic heterocycles. The highest BCUT2D eigenvalue weighted by Gasteiger charge is 2.58. The molecule has 0 aromatic heterocycles. The van der Waals surface area contributed by atoms with Gasteiger partial charge in [-0.15, -0.1) is 0 Å². The van der Waals surface area contributed by atoms with Gasteiger partial charge in [0, 0.05) is 0 Å². The largest absolute Gasteiger partial charge is 0.390 e. The van der Waals surface area contributed by atoms with Gasteiger partial charge < -0.3 is 10.2 Å². The van der Waals surface area contributed by atoms with Gasteiger partial charge in [0.25, 0.3) is 0 Å². The van der Waals surface area contributed by atoms with Gasteiger partial charge in [-0.3, -0.25) is 0 Å². The van der Waals surface area contributed by atoms with E-state index >= 15 is 0 Å². The minimum atomic E-state index is -0.644. The molecule has 2 N–H and O–H groups in total.